The van der Waals surface area contributed by atoms with Crippen LogP contribution in [0.3, 0.4) is 0 Å². The standard InChI is InChI=1S/C14H17NO/c1-2-10-15-11-8-14(16,9-12-15)13-6-4-3-5-7-13/h1,3-7,16H,8-12H2. The molecule has 2 heteroatoms. The van der Waals surface area contributed by atoms with Gasteiger partial charge in [0.05, 0.1) is 12.1 Å². The van der Waals surface area contributed by atoms with Gasteiger partial charge >= 0.3 is 0 Å². The number of hydrogen-bond donors (Lipinski definition) is 1. The van der Waals surface area contributed by atoms with Gasteiger partial charge in [0.1, 0.15) is 0 Å². The predicted octanol–water partition coefficient (Wildman–Crippen LogP) is 1.60. The molecule has 0 saturated carbocycles. The molecule has 0 amide bonds. The Kier molecular flexibility index (Phi) is 3.28. The Hall–Kier alpha value is -1.30. The summed E-state index contributed by atoms with van der Waals surface area (Å²) in [4.78, 5) is 2.21. The van der Waals surface area contributed by atoms with Crippen molar-refractivity contribution in [3.63, 3.8) is 0 Å². The number of likely N-dealkylation sites (tertiary alicyclic amines) is 1. The van der Waals surface area contributed by atoms with Crippen LogP contribution in [0.15, 0.2) is 30.3 Å². The second-order valence-electron chi connectivity index (χ2n) is 4.38. The van der Waals surface area contributed by atoms with E-state index in [-0.39, 0.29) is 0 Å². The molecule has 16 heavy (non-hydrogen) atoms. The molecule has 1 aromatic carbocycles. The summed E-state index contributed by atoms with van der Waals surface area (Å²) in [6, 6.07) is 9.91. The lowest BCUT2D eigenvalue weighted by Crippen LogP contribution is -2.42. The normalized spacial score (nSPS) is 20.2. The van der Waals surface area contributed by atoms with Crippen LogP contribution >= 0.6 is 0 Å². The summed E-state index contributed by atoms with van der Waals surface area (Å²) in [7, 11) is 0. The fraction of sp³-hybridized carbons (Fsp3) is 0.429. The second kappa shape index (κ2) is 4.69. The summed E-state index contributed by atoms with van der Waals surface area (Å²) < 4.78 is 0. The number of terminal acetylenes is 1. The highest BCUT2D eigenvalue weighted by molar-refractivity contribution is 5.23. The molecule has 1 N–H and O–H groups in total. The van der Waals surface area contributed by atoms with E-state index in [1.54, 1.807) is 0 Å². The molecule has 1 heterocycles. The maximum Gasteiger partial charge on any atom is 0.0920 e. The van der Waals surface area contributed by atoms with Crippen LogP contribution in [0, 0.1) is 12.3 Å². The van der Waals surface area contributed by atoms with E-state index in [0.29, 0.717) is 6.54 Å². The number of benzene rings is 1. The van der Waals surface area contributed by atoms with Crippen molar-refractivity contribution >= 4 is 0 Å². The van der Waals surface area contributed by atoms with Crippen molar-refractivity contribution in [2.75, 3.05) is 19.6 Å². The zero-order valence-corrected chi connectivity index (χ0v) is 9.39. The van der Waals surface area contributed by atoms with Crippen LogP contribution in [-0.4, -0.2) is 29.6 Å². The monoisotopic (exact) mass is 215 g/mol. The summed E-state index contributed by atoms with van der Waals surface area (Å²) in [5, 5.41) is 10.6. The lowest BCUT2D eigenvalue weighted by atomic mass is 9.84. The molecule has 0 unspecified atom stereocenters. The summed E-state index contributed by atoms with van der Waals surface area (Å²) >= 11 is 0. The molecule has 1 aliphatic heterocycles. The molecular weight excluding hydrogens is 198 g/mol. The van der Waals surface area contributed by atoms with Crippen LogP contribution in [0.5, 0.6) is 0 Å². The molecule has 1 fully saturated rings. The fourth-order valence-electron chi connectivity index (χ4n) is 2.25. The van der Waals surface area contributed by atoms with E-state index in [4.69, 9.17) is 6.42 Å². The van der Waals surface area contributed by atoms with E-state index in [0.717, 1.165) is 31.5 Å². The number of nitrogens with zero attached hydrogens (tertiary/aromatic N) is 1. The Bertz CT molecular complexity index is 371. The van der Waals surface area contributed by atoms with Gasteiger partial charge in [0.2, 0.25) is 0 Å². The van der Waals surface area contributed by atoms with E-state index in [1.165, 1.54) is 0 Å². The smallest absolute Gasteiger partial charge is 0.0920 e. The first-order valence-corrected chi connectivity index (χ1v) is 5.68. The van der Waals surface area contributed by atoms with Crippen molar-refractivity contribution in [2.24, 2.45) is 0 Å². The second-order valence-corrected chi connectivity index (χ2v) is 4.38. The molecule has 2 nitrogen and oxygen atoms in total. The molecule has 0 radical (unpaired) electrons. The number of aliphatic hydroxyl groups is 1. The lowest BCUT2D eigenvalue weighted by Gasteiger charge is -2.37. The average Bonchev–Trinajstić information content (AvgIpc) is 2.34. The number of piperidine rings is 1. The fourth-order valence-corrected chi connectivity index (χ4v) is 2.25. The third-order valence-corrected chi connectivity index (χ3v) is 3.31. The van der Waals surface area contributed by atoms with Gasteiger partial charge in [0, 0.05) is 13.1 Å². The summed E-state index contributed by atoms with van der Waals surface area (Å²) in [6.45, 7) is 2.43. The summed E-state index contributed by atoms with van der Waals surface area (Å²) in [5.41, 5.74) is 0.363. The molecule has 1 saturated heterocycles. The Labute approximate surface area is 96.9 Å². The van der Waals surface area contributed by atoms with Crippen LogP contribution in [0.25, 0.3) is 0 Å². The predicted molar refractivity (Wildman–Crippen MR) is 64.8 cm³/mol. The largest absolute Gasteiger partial charge is 0.385 e. The van der Waals surface area contributed by atoms with Gasteiger partial charge in [-0.3, -0.25) is 4.90 Å². The Balaban J connectivity index is 2.05. The van der Waals surface area contributed by atoms with Crippen molar-refractivity contribution in [3.8, 4) is 12.3 Å². The molecule has 0 aliphatic carbocycles. The van der Waals surface area contributed by atoms with Crippen LogP contribution in [0.4, 0.5) is 0 Å². The minimum atomic E-state index is -0.660. The zero-order chi connectivity index (χ0) is 11.4. The van der Waals surface area contributed by atoms with Crippen molar-refractivity contribution in [1.29, 1.82) is 0 Å². The average molecular weight is 215 g/mol. The third-order valence-electron chi connectivity index (χ3n) is 3.31. The molecule has 2 rings (SSSR count). The maximum absolute atomic E-state index is 10.6. The van der Waals surface area contributed by atoms with Gasteiger partial charge in [-0.2, -0.15) is 0 Å². The van der Waals surface area contributed by atoms with Crippen molar-refractivity contribution in [1.82, 2.24) is 4.90 Å². The quantitative estimate of drug-likeness (QED) is 0.758. The van der Waals surface area contributed by atoms with Crippen LogP contribution in [0.1, 0.15) is 18.4 Å². The van der Waals surface area contributed by atoms with E-state index in [9.17, 15) is 5.11 Å². The van der Waals surface area contributed by atoms with Crippen LogP contribution < -0.4 is 0 Å². The van der Waals surface area contributed by atoms with E-state index >= 15 is 0 Å². The van der Waals surface area contributed by atoms with E-state index < -0.39 is 5.60 Å². The Morgan fingerprint density at radius 3 is 2.44 bits per heavy atom. The van der Waals surface area contributed by atoms with Gasteiger partial charge in [-0.25, -0.2) is 0 Å². The Morgan fingerprint density at radius 1 is 1.25 bits per heavy atom. The number of rotatable bonds is 2. The minimum Gasteiger partial charge on any atom is -0.385 e. The first-order chi connectivity index (χ1) is 7.74. The molecular formula is C14H17NO. The highest BCUT2D eigenvalue weighted by Crippen LogP contribution is 2.32. The number of hydrogen-bond acceptors (Lipinski definition) is 2. The minimum absolute atomic E-state index is 0.660. The van der Waals surface area contributed by atoms with Crippen LogP contribution in [0.2, 0.25) is 0 Å². The third kappa shape index (κ3) is 2.27. The topological polar surface area (TPSA) is 23.5 Å². The molecule has 84 valence electrons. The first kappa shape index (κ1) is 11.2. The van der Waals surface area contributed by atoms with Gasteiger partial charge in [0.25, 0.3) is 0 Å². The van der Waals surface area contributed by atoms with Crippen molar-refractivity contribution < 1.29 is 5.11 Å². The highest BCUT2D eigenvalue weighted by Gasteiger charge is 2.33. The van der Waals surface area contributed by atoms with Gasteiger partial charge < -0.3 is 5.11 Å². The van der Waals surface area contributed by atoms with Gasteiger partial charge in [-0.15, -0.1) is 6.42 Å². The Morgan fingerprint density at radius 2 is 1.88 bits per heavy atom. The maximum atomic E-state index is 10.6. The molecule has 0 bridgehead atoms. The van der Waals surface area contributed by atoms with Gasteiger partial charge in [-0.1, -0.05) is 36.3 Å². The van der Waals surface area contributed by atoms with E-state index in [1.807, 2.05) is 30.3 Å². The molecule has 1 aromatic rings. The lowest BCUT2D eigenvalue weighted by molar-refractivity contribution is -0.0229. The van der Waals surface area contributed by atoms with E-state index in [2.05, 4.69) is 10.8 Å². The molecule has 0 atom stereocenters. The molecule has 0 aromatic heterocycles. The molecule has 1 aliphatic rings. The summed E-state index contributed by atoms with van der Waals surface area (Å²) in [5.74, 6) is 2.65. The van der Waals surface area contributed by atoms with Crippen LogP contribution in [-0.2, 0) is 5.60 Å². The summed E-state index contributed by atoms with van der Waals surface area (Å²) in [6.07, 6.45) is 6.81. The van der Waals surface area contributed by atoms with Gasteiger partial charge in [0.15, 0.2) is 0 Å². The van der Waals surface area contributed by atoms with Crippen molar-refractivity contribution in [3.05, 3.63) is 35.9 Å². The SMILES string of the molecule is C#CCN1CCC(O)(c2ccccc2)CC1. The molecule has 0 spiro atoms. The van der Waals surface area contributed by atoms with Crippen molar-refractivity contribution in [2.45, 2.75) is 18.4 Å². The first-order valence-electron chi connectivity index (χ1n) is 5.68. The zero-order valence-electron chi connectivity index (χ0n) is 9.39. The highest BCUT2D eigenvalue weighted by atomic mass is 16.3. The van der Waals surface area contributed by atoms with Gasteiger partial charge in [-0.05, 0) is 18.4 Å².